The molecule has 1 aliphatic heterocycles. The topological polar surface area (TPSA) is 27.7 Å². The van der Waals surface area contributed by atoms with Crippen molar-refractivity contribution in [3.8, 4) is 5.75 Å². The summed E-state index contributed by atoms with van der Waals surface area (Å²) >= 11 is 3.38. The molecule has 0 amide bonds. The summed E-state index contributed by atoms with van der Waals surface area (Å²) < 4.78 is 17.9. The van der Waals surface area contributed by atoms with Gasteiger partial charge in [0.25, 0.3) is 0 Å². The van der Waals surface area contributed by atoms with Gasteiger partial charge in [-0.15, -0.1) is 0 Å². The first-order valence-corrected chi connectivity index (χ1v) is 6.72. The number of hydrogen-bond donors (Lipinski definition) is 0. The molecular weight excluding hydrogens is 284 g/mol. The van der Waals surface area contributed by atoms with Crippen molar-refractivity contribution in [3.63, 3.8) is 0 Å². The normalized spacial score (nSPS) is 22.1. The molecule has 94 valence electrons. The van der Waals surface area contributed by atoms with Gasteiger partial charge in [0.05, 0.1) is 0 Å². The maximum Gasteiger partial charge on any atom is 0.199 e. The van der Waals surface area contributed by atoms with Crippen molar-refractivity contribution in [1.82, 2.24) is 0 Å². The number of hydrogen-bond acceptors (Lipinski definition) is 3. The zero-order valence-electron chi connectivity index (χ0n) is 9.90. The van der Waals surface area contributed by atoms with E-state index >= 15 is 0 Å². The van der Waals surface area contributed by atoms with E-state index in [0.29, 0.717) is 0 Å². The van der Waals surface area contributed by atoms with E-state index in [1.54, 1.807) is 0 Å². The highest BCUT2D eigenvalue weighted by atomic mass is 79.9. The molecule has 0 spiro atoms. The molecule has 0 aromatic heterocycles. The summed E-state index contributed by atoms with van der Waals surface area (Å²) in [6.45, 7) is 2.68. The molecule has 0 aliphatic carbocycles. The Morgan fingerprint density at radius 1 is 1.29 bits per heavy atom. The Morgan fingerprint density at radius 3 is 2.71 bits per heavy atom. The van der Waals surface area contributed by atoms with Crippen molar-refractivity contribution in [3.05, 3.63) is 28.7 Å². The molecule has 2 rings (SSSR count). The lowest BCUT2D eigenvalue weighted by Gasteiger charge is -2.26. The zero-order chi connectivity index (χ0) is 12.1. The van der Waals surface area contributed by atoms with Crippen molar-refractivity contribution < 1.29 is 14.2 Å². The first-order valence-electron chi connectivity index (χ1n) is 5.93. The van der Waals surface area contributed by atoms with Crippen LogP contribution in [0.25, 0.3) is 0 Å². The van der Waals surface area contributed by atoms with Crippen molar-refractivity contribution in [2.24, 2.45) is 0 Å². The maximum atomic E-state index is 5.67. The highest BCUT2D eigenvalue weighted by Gasteiger charge is 2.17. The molecule has 1 fully saturated rings. The third kappa shape index (κ3) is 4.30. The van der Waals surface area contributed by atoms with E-state index < -0.39 is 0 Å². The molecule has 0 radical (unpaired) electrons. The van der Waals surface area contributed by atoms with Crippen LogP contribution in [0.15, 0.2) is 28.7 Å². The van der Waals surface area contributed by atoms with Crippen molar-refractivity contribution in [1.29, 1.82) is 0 Å². The smallest absolute Gasteiger partial charge is 0.199 e. The van der Waals surface area contributed by atoms with Crippen LogP contribution in [0.2, 0.25) is 0 Å². The molecule has 1 heterocycles. The summed E-state index contributed by atoms with van der Waals surface area (Å²) in [6.07, 6.45) is 2.83. The van der Waals surface area contributed by atoms with Crippen LogP contribution < -0.4 is 4.74 Å². The third-order valence-electron chi connectivity index (χ3n) is 2.60. The van der Waals surface area contributed by atoms with Gasteiger partial charge in [0.15, 0.2) is 12.6 Å². The molecule has 1 aromatic carbocycles. The first kappa shape index (κ1) is 12.9. The Balaban J connectivity index is 1.79. The number of benzene rings is 1. The largest absolute Gasteiger partial charge is 0.465 e. The van der Waals surface area contributed by atoms with Gasteiger partial charge >= 0.3 is 0 Å². The molecule has 1 aromatic rings. The van der Waals surface area contributed by atoms with Crippen molar-refractivity contribution in [2.75, 3.05) is 6.61 Å². The van der Waals surface area contributed by atoms with E-state index in [0.717, 1.165) is 36.1 Å². The summed E-state index contributed by atoms with van der Waals surface area (Å²) in [7, 11) is 0. The van der Waals surface area contributed by atoms with Crippen LogP contribution in [0, 0.1) is 0 Å². The predicted octanol–water partition coefficient (Wildman–Crippen LogP) is 3.72. The van der Waals surface area contributed by atoms with Gasteiger partial charge in [0, 0.05) is 11.1 Å². The van der Waals surface area contributed by atoms with Crippen LogP contribution in [0.5, 0.6) is 5.75 Å². The molecule has 4 heteroatoms. The standard InChI is InChI=1S/C13H17BrO3/c1-10(17-13-4-2-3-9-15-13)16-12-7-5-11(14)6-8-12/h5-8,10,13H,2-4,9H2,1H3. The molecule has 0 N–H and O–H groups in total. The highest BCUT2D eigenvalue weighted by Crippen LogP contribution is 2.20. The number of halogens is 1. The molecule has 1 aliphatic rings. The SMILES string of the molecule is CC(Oc1ccc(Br)cc1)OC1CCCCO1. The summed E-state index contributed by atoms with van der Waals surface area (Å²) in [5.41, 5.74) is 0. The van der Waals surface area contributed by atoms with Crippen LogP contribution in [-0.4, -0.2) is 19.2 Å². The molecule has 2 unspecified atom stereocenters. The molecule has 0 saturated carbocycles. The fourth-order valence-electron chi connectivity index (χ4n) is 1.76. The molecule has 3 nitrogen and oxygen atoms in total. The average Bonchev–Trinajstić information content (AvgIpc) is 2.33. The van der Waals surface area contributed by atoms with Gasteiger partial charge in [-0.1, -0.05) is 15.9 Å². The second kappa shape index (κ2) is 6.38. The van der Waals surface area contributed by atoms with Gasteiger partial charge < -0.3 is 14.2 Å². The zero-order valence-corrected chi connectivity index (χ0v) is 11.5. The monoisotopic (exact) mass is 300 g/mol. The molecule has 17 heavy (non-hydrogen) atoms. The van der Waals surface area contributed by atoms with Gasteiger partial charge in [-0.05, 0) is 50.5 Å². The average molecular weight is 301 g/mol. The number of ether oxygens (including phenoxy) is 3. The maximum absolute atomic E-state index is 5.67. The van der Waals surface area contributed by atoms with Gasteiger partial charge in [0.1, 0.15) is 5.75 Å². The summed E-state index contributed by atoms with van der Waals surface area (Å²) in [4.78, 5) is 0. The lowest BCUT2D eigenvalue weighted by Crippen LogP contribution is -2.29. The van der Waals surface area contributed by atoms with Crippen LogP contribution in [0.3, 0.4) is 0 Å². The van der Waals surface area contributed by atoms with Gasteiger partial charge in [-0.3, -0.25) is 0 Å². The van der Waals surface area contributed by atoms with Gasteiger partial charge in [-0.25, -0.2) is 0 Å². The predicted molar refractivity (Wildman–Crippen MR) is 68.9 cm³/mol. The fraction of sp³-hybridized carbons (Fsp3) is 0.538. The Labute approximate surface area is 110 Å². The highest BCUT2D eigenvalue weighted by molar-refractivity contribution is 9.10. The molecule has 1 saturated heterocycles. The quantitative estimate of drug-likeness (QED) is 0.793. The second-order valence-corrected chi connectivity index (χ2v) is 4.99. The van der Waals surface area contributed by atoms with E-state index in [1.807, 2.05) is 31.2 Å². The lowest BCUT2D eigenvalue weighted by atomic mass is 10.2. The minimum atomic E-state index is -0.292. The Kier molecular flexibility index (Phi) is 4.83. The Morgan fingerprint density at radius 2 is 2.06 bits per heavy atom. The van der Waals surface area contributed by atoms with Crippen LogP contribution in [0.4, 0.5) is 0 Å². The van der Waals surface area contributed by atoms with Gasteiger partial charge in [0.2, 0.25) is 0 Å². The van der Waals surface area contributed by atoms with Crippen LogP contribution >= 0.6 is 15.9 Å². The Hall–Kier alpha value is -0.580. The summed E-state index contributed by atoms with van der Waals surface area (Å²) in [5.74, 6) is 0.802. The summed E-state index contributed by atoms with van der Waals surface area (Å²) in [6, 6.07) is 7.70. The van der Waals surface area contributed by atoms with Crippen molar-refractivity contribution in [2.45, 2.75) is 38.8 Å². The van der Waals surface area contributed by atoms with Crippen molar-refractivity contribution >= 4 is 15.9 Å². The van der Waals surface area contributed by atoms with E-state index in [9.17, 15) is 0 Å². The first-order chi connectivity index (χ1) is 8.24. The minimum Gasteiger partial charge on any atom is -0.465 e. The minimum absolute atomic E-state index is 0.116. The third-order valence-corrected chi connectivity index (χ3v) is 3.13. The molecule has 0 bridgehead atoms. The summed E-state index contributed by atoms with van der Waals surface area (Å²) in [5, 5.41) is 0. The number of rotatable bonds is 4. The van der Waals surface area contributed by atoms with E-state index in [1.165, 1.54) is 0 Å². The van der Waals surface area contributed by atoms with Crippen LogP contribution in [0.1, 0.15) is 26.2 Å². The molecule has 2 atom stereocenters. The second-order valence-electron chi connectivity index (χ2n) is 4.07. The molecular formula is C13H17BrO3. The van der Waals surface area contributed by atoms with E-state index in [4.69, 9.17) is 14.2 Å². The van der Waals surface area contributed by atoms with Gasteiger partial charge in [-0.2, -0.15) is 0 Å². The van der Waals surface area contributed by atoms with E-state index in [-0.39, 0.29) is 12.6 Å². The van der Waals surface area contributed by atoms with Crippen LogP contribution in [-0.2, 0) is 9.47 Å². The lowest BCUT2D eigenvalue weighted by molar-refractivity contribution is -0.225. The fourth-order valence-corrected chi connectivity index (χ4v) is 2.03. The Bertz CT molecular complexity index is 333. The van der Waals surface area contributed by atoms with E-state index in [2.05, 4.69) is 15.9 Å².